The summed E-state index contributed by atoms with van der Waals surface area (Å²) >= 11 is 1.46. The van der Waals surface area contributed by atoms with Crippen LogP contribution >= 0.6 is 11.3 Å². The van der Waals surface area contributed by atoms with Gasteiger partial charge in [0.1, 0.15) is 0 Å². The molecule has 4 nitrogen and oxygen atoms in total. The summed E-state index contributed by atoms with van der Waals surface area (Å²) in [6.45, 7) is 4.94. The topological polar surface area (TPSA) is 46.1 Å². The summed E-state index contributed by atoms with van der Waals surface area (Å²) in [5, 5.41) is 0.895. The van der Waals surface area contributed by atoms with Crippen LogP contribution in [-0.2, 0) is 6.42 Å². The molecule has 0 bridgehead atoms. The van der Waals surface area contributed by atoms with Gasteiger partial charge in [0.25, 0.3) is 0 Å². The Morgan fingerprint density at radius 3 is 2.75 bits per heavy atom. The van der Waals surface area contributed by atoms with Crippen LogP contribution < -0.4 is 4.90 Å². The molecule has 0 fully saturated rings. The molecule has 2 aromatic heterocycles. The lowest BCUT2D eigenvalue weighted by molar-refractivity contribution is 0.112. The van der Waals surface area contributed by atoms with Gasteiger partial charge in [-0.2, -0.15) is 0 Å². The molecule has 0 amide bonds. The van der Waals surface area contributed by atoms with E-state index in [0.29, 0.717) is 0 Å². The number of aromatic nitrogens is 2. The van der Waals surface area contributed by atoms with Gasteiger partial charge in [-0.15, -0.1) is 0 Å². The van der Waals surface area contributed by atoms with Crippen molar-refractivity contribution in [1.29, 1.82) is 0 Å². The number of hydrogen-bond donors (Lipinski definition) is 0. The lowest BCUT2D eigenvalue weighted by atomic mass is 10.1. The largest absolute Gasteiger partial charge is 0.351 e. The van der Waals surface area contributed by atoms with Crippen molar-refractivity contribution in [3.05, 3.63) is 40.7 Å². The van der Waals surface area contributed by atoms with Crippen molar-refractivity contribution in [2.45, 2.75) is 26.2 Å². The zero-order valence-corrected chi connectivity index (χ0v) is 12.9. The van der Waals surface area contributed by atoms with E-state index in [2.05, 4.69) is 28.7 Å². The minimum atomic E-state index is 0.268. The van der Waals surface area contributed by atoms with E-state index < -0.39 is 0 Å². The Balaban J connectivity index is 2.05. The molecule has 5 heteroatoms. The van der Waals surface area contributed by atoms with Crippen LogP contribution in [0.15, 0.2) is 24.4 Å². The first-order valence-corrected chi connectivity index (χ1v) is 7.50. The fourth-order valence-corrected chi connectivity index (χ4v) is 2.94. The first-order valence-electron chi connectivity index (χ1n) is 6.68. The summed E-state index contributed by atoms with van der Waals surface area (Å²) in [5.74, 6) is 0.268. The standard InChI is InChI=1S/C15H19N3OS/c1-11(2)14-13(10-19)20-15(17-14)18(3)9-7-12-6-4-5-8-16-12/h4-6,8,10-11H,7,9H2,1-3H3. The van der Waals surface area contributed by atoms with E-state index in [-0.39, 0.29) is 5.92 Å². The van der Waals surface area contributed by atoms with E-state index in [4.69, 9.17) is 0 Å². The number of rotatable bonds is 6. The van der Waals surface area contributed by atoms with Crippen LogP contribution in [0.25, 0.3) is 0 Å². The molecule has 0 saturated heterocycles. The molecule has 0 saturated carbocycles. The summed E-state index contributed by atoms with van der Waals surface area (Å²) in [6.07, 6.45) is 3.58. The maximum Gasteiger partial charge on any atom is 0.185 e. The molecule has 0 aliphatic carbocycles. The molecule has 0 aliphatic rings. The number of carbonyl (C=O) groups excluding carboxylic acids is 1. The highest BCUT2D eigenvalue weighted by molar-refractivity contribution is 7.17. The first kappa shape index (κ1) is 14.7. The number of aldehydes is 1. The number of anilines is 1. The zero-order chi connectivity index (χ0) is 14.5. The average Bonchev–Trinajstić information content (AvgIpc) is 2.90. The second-order valence-corrected chi connectivity index (χ2v) is 6.02. The fourth-order valence-electron chi connectivity index (χ4n) is 1.92. The lowest BCUT2D eigenvalue weighted by Crippen LogP contribution is -2.20. The predicted octanol–water partition coefficient (Wildman–Crippen LogP) is 3.15. The van der Waals surface area contributed by atoms with E-state index in [1.165, 1.54) is 11.3 Å². The monoisotopic (exact) mass is 289 g/mol. The van der Waals surface area contributed by atoms with Crippen LogP contribution in [0, 0.1) is 0 Å². The third-order valence-corrected chi connectivity index (χ3v) is 4.19. The summed E-state index contributed by atoms with van der Waals surface area (Å²) in [5.41, 5.74) is 1.96. The van der Waals surface area contributed by atoms with Gasteiger partial charge in [-0.05, 0) is 18.1 Å². The molecule has 2 rings (SSSR count). The van der Waals surface area contributed by atoms with Gasteiger partial charge in [-0.25, -0.2) is 4.98 Å². The van der Waals surface area contributed by atoms with Crippen LogP contribution in [0.5, 0.6) is 0 Å². The van der Waals surface area contributed by atoms with E-state index >= 15 is 0 Å². The van der Waals surface area contributed by atoms with E-state index in [9.17, 15) is 4.79 Å². The molecular weight excluding hydrogens is 270 g/mol. The summed E-state index contributed by atoms with van der Waals surface area (Å²) in [6, 6.07) is 5.93. The summed E-state index contributed by atoms with van der Waals surface area (Å²) in [4.78, 5) is 22.8. The maximum absolute atomic E-state index is 11.1. The number of nitrogens with zero attached hydrogens (tertiary/aromatic N) is 3. The zero-order valence-electron chi connectivity index (χ0n) is 12.0. The molecule has 0 unspecified atom stereocenters. The van der Waals surface area contributed by atoms with E-state index in [0.717, 1.165) is 40.6 Å². The average molecular weight is 289 g/mol. The maximum atomic E-state index is 11.1. The van der Waals surface area contributed by atoms with Crippen LogP contribution in [-0.4, -0.2) is 29.8 Å². The molecule has 0 radical (unpaired) electrons. The molecule has 2 aromatic rings. The van der Waals surface area contributed by atoms with Crippen LogP contribution in [0.3, 0.4) is 0 Å². The summed E-state index contributed by atoms with van der Waals surface area (Å²) < 4.78 is 0. The molecule has 0 N–H and O–H groups in total. The minimum Gasteiger partial charge on any atom is -0.351 e. The smallest absolute Gasteiger partial charge is 0.185 e. The number of carbonyl (C=O) groups is 1. The van der Waals surface area contributed by atoms with Crippen molar-refractivity contribution in [2.75, 3.05) is 18.5 Å². The highest BCUT2D eigenvalue weighted by Crippen LogP contribution is 2.28. The highest BCUT2D eigenvalue weighted by atomic mass is 32.1. The third kappa shape index (κ3) is 3.42. The minimum absolute atomic E-state index is 0.268. The van der Waals surface area contributed by atoms with Crippen molar-refractivity contribution in [2.24, 2.45) is 0 Å². The predicted molar refractivity (Wildman–Crippen MR) is 82.8 cm³/mol. The molecular formula is C15H19N3OS. The SMILES string of the molecule is CC(C)c1nc(N(C)CCc2ccccn2)sc1C=O. The molecule has 20 heavy (non-hydrogen) atoms. The second-order valence-electron chi connectivity index (χ2n) is 5.01. The van der Waals surface area contributed by atoms with Crippen LogP contribution in [0.4, 0.5) is 5.13 Å². The molecule has 106 valence electrons. The Morgan fingerprint density at radius 1 is 1.40 bits per heavy atom. The van der Waals surface area contributed by atoms with Gasteiger partial charge in [0.15, 0.2) is 11.4 Å². The second kappa shape index (κ2) is 6.61. The van der Waals surface area contributed by atoms with Gasteiger partial charge in [-0.1, -0.05) is 31.3 Å². The molecule has 2 heterocycles. The van der Waals surface area contributed by atoms with Crippen molar-refractivity contribution < 1.29 is 4.79 Å². The molecule has 0 spiro atoms. The van der Waals surface area contributed by atoms with Crippen molar-refractivity contribution in [1.82, 2.24) is 9.97 Å². The van der Waals surface area contributed by atoms with Crippen LogP contribution in [0.2, 0.25) is 0 Å². The Morgan fingerprint density at radius 2 is 2.20 bits per heavy atom. The Kier molecular flexibility index (Phi) is 4.84. The van der Waals surface area contributed by atoms with E-state index in [1.807, 2.05) is 25.2 Å². The van der Waals surface area contributed by atoms with Gasteiger partial charge < -0.3 is 4.90 Å². The quantitative estimate of drug-likeness (QED) is 0.766. The summed E-state index contributed by atoms with van der Waals surface area (Å²) in [7, 11) is 2.00. The van der Waals surface area contributed by atoms with Crippen LogP contribution in [0.1, 0.15) is 40.8 Å². The Labute approximate surface area is 123 Å². The van der Waals surface area contributed by atoms with Gasteiger partial charge >= 0.3 is 0 Å². The number of pyridine rings is 1. The van der Waals surface area contributed by atoms with Gasteiger partial charge in [-0.3, -0.25) is 9.78 Å². The Bertz CT molecular complexity index is 566. The highest BCUT2D eigenvalue weighted by Gasteiger charge is 2.15. The van der Waals surface area contributed by atoms with E-state index in [1.54, 1.807) is 6.20 Å². The number of thiazole rings is 1. The van der Waals surface area contributed by atoms with Crippen molar-refractivity contribution in [3.8, 4) is 0 Å². The fraction of sp³-hybridized carbons (Fsp3) is 0.400. The van der Waals surface area contributed by atoms with Gasteiger partial charge in [0.05, 0.1) is 10.6 Å². The van der Waals surface area contributed by atoms with Crippen molar-refractivity contribution in [3.63, 3.8) is 0 Å². The molecule has 0 atom stereocenters. The number of likely N-dealkylation sites (N-methyl/N-ethyl adjacent to an activating group) is 1. The molecule has 0 aliphatic heterocycles. The number of hydrogen-bond acceptors (Lipinski definition) is 5. The van der Waals surface area contributed by atoms with Gasteiger partial charge in [0, 0.05) is 31.9 Å². The van der Waals surface area contributed by atoms with Crippen molar-refractivity contribution >= 4 is 22.8 Å². The Hall–Kier alpha value is -1.75. The normalized spacial score (nSPS) is 10.8. The van der Waals surface area contributed by atoms with Gasteiger partial charge in [0.2, 0.25) is 0 Å². The first-order chi connectivity index (χ1) is 9.61. The third-order valence-electron chi connectivity index (χ3n) is 3.08. The molecule has 0 aromatic carbocycles. The lowest BCUT2D eigenvalue weighted by Gasteiger charge is -2.15.